The predicted molar refractivity (Wildman–Crippen MR) is 84.5 cm³/mol. The molecule has 0 amide bonds. The summed E-state index contributed by atoms with van der Waals surface area (Å²) in [6.45, 7) is 6.35. The van der Waals surface area contributed by atoms with Gasteiger partial charge in [0.2, 0.25) is 0 Å². The predicted octanol–water partition coefficient (Wildman–Crippen LogP) is 3.93. The Morgan fingerprint density at radius 2 is 1.75 bits per heavy atom. The normalized spacial score (nSPS) is 12.2. The Hall–Kier alpha value is -1.80. The number of hydrogen-bond acceptors (Lipinski definition) is 2. The second-order valence-electron chi connectivity index (χ2n) is 5.31. The smallest absolute Gasteiger partial charge is 0.122 e. The van der Waals surface area contributed by atoms with Gasteiger partial charge in [0.05, 0.1) is 13.2 Å². The molecule has 0 radical (unpaired) electrons. The highest BCUT2D eigenvalue weighted by Gasteiger charge is 2.16. The summed E-state index contributed by atoms with van der Waals surface area (Å²) >= 11 is 0. The van der Waals surface area contributed by atoms with Crippen LogP contribution in [-0.4, -0.2) is 14.2 Å². The molecule has 2 heteroatoms. The van der Waals surface area contributed by atoms with Crippen LogP contribution in [0.3, 0.4) is 0 Å². The minimum absolute atomic E-state index is 0.208. The molecule has 2 rings (SSSR count). The van der Waals surface area contributed by atoms with Crippen LogP contribution in [0.2, 0.25) is 0 Å². The lowest BCUT2D eigenvalue weighted by atomic mass is 9.92. The molecule has 0 heterocycles. The van der Waals surface area contributed by atoms with Crippen molar-refractivity contribution in [2.24, 2.45) is 0 Å². The van der Waals surface area contributed by atoms with Crippen molar-refractivity contribution >= 4 is 0 Å². The first-order valence-electron chi connectivity index (χ1n) is 6.95. The molecule has 0 aliphatic heterocycles. The molecular formula is C18H23NO. The van der Waals surface area contributed by atoms with E-state index in [2.05, 4.69) is 62.5 Å². The third-order valence-electron chi connectivity index (χ3n) is 3.76. The molecule has 0 aliphatic carbocycles. The van der Waals surface area contributed by atoms with Gasteiger partial charge in [0, 0.05) is 0 Å². The van der Waals surface area contributed by atoms with Crippen LogP contribution in [0.5, 0.6) is 5.75 Å². The first-order valence-corrected chi connectivity index (χ1v) is 6.95. The summed E-state index contributed by atoms with van der Waals surface area (Å²) in [7, 11) is 3.73. The summed E-state index contributed by atoms with van der Waals surface area (Å²) < 4.78 is 5.40. The van der Waals surface area contributed by atoms with Crippen LogP contribution in [0.4, 0.5) is 0 Å². The molecule has 0 spiro atoms. The molecule has 20 heavy (non-hydrogen) atoms. The van der Waals surface area contributed by atoms with E-state index in [0.29, 0.717) is 0 Å². The maximum Gasteiger partial charge on any atom is 0.122 e. The lowest BCUT2D eigenvalue weighted by Crippen LogP contribution is -2.19. The number of rotatable bonds is 4. The van der Waals surface area contributed by atoms with E-state index in [1.165, 1.54) is 27.8 Å². The highest BCUT2D eigenvalue weighted by Crippen LogP contribution is 2.30. The molecule has 2 aromatic carbocycles. The Labute approximate surface area is 121 Å². The van der Waals surface area contributed by atoms with Crippen LogP contribution in [0, 0.1) is 20.8 Å². The fourth-order valence-corrected chi connectivity index (χ4v) is 2.69. The largest absolute Gasteiger partial charge is 0.496 e. The van der Waals surface area contributed by atoms with Crippen molar-refractivity contribution in [1.82, 2.24) is 5.32 Å². The SMILES string of the molecule is CNC(c1cccc(C)c1)c1cc(C)c(OC)cc1C. The van der Waals surface area contributed by atoms with Crippen LogP contribution >= 0.6 is 0 Å². The molecule has 2 nitrogen and oxygen atoms in total. The summed E-state index contributed by atoms with van der Waals surface area (Å²) in [5.74, 6) is 0.949. The van der Waals surface area contributed by atoms with Crippen molar-refractivity contribution in [2.45, 2.75) is 26.8 Å². The number of methoxy groups -OCH3 is 1. The van der Waals surface area contributed by atoms with Crippen LogP contribution in [-0.2, 0) is 0 Å². The van der Waals surface area contributed by atoms with Gasteiger partial charge in [-0.3, -0.25) is 0 Å². The first kappa shape index (κ1) is 14.6. The molecule has 0 saturated heterocycles. The quantitative estimate of drug-likeness (QED) is 0.908. The van der Waals surface area contributed by atoms with Crippen molar-refractivity contribution in [1.29, 1.82) is 0 Å². The van der Waals surface area contributed by atoms with Crippen molar-refractivity contribution in [2.75, 3.05) is 14.2 Å². The summed E-state index contributed by atoms with van der Waals surface area (Å²) in [6, 6.07) is 13.2. The molecule has 0 aromatic heterocycles. The van der Waals surface area contributed by atoms with Gasteiger partial charge in [-0.15, -0.1) is 0 Å². The highest BCUT2D eigenvalue weighted by molar-refractivity contribution is 5.46. The third-order valence-corrected chi connectivity index (χ3v) is 3.76. The van der Waals surface area contributed by atoms with Gasteiger partial charge in [-0.25, -0.2) is 0 Å². The first-order chi connectivity index (χ1) is 9.56. The number of ether oxygens (including phenoxy) is 1. The number of aryl methyl sites for hydroxylation is 3. The van der Waals surface area contributed by atoms with Crippen LogP contribution in [0.15, 0.2) is 36.4 Å². The standard InChI is InChI=1S/C18H23NO/c1-12-7-6-8-15(9-12)18(19-4)16-10-14(3)17(20-5)11-13(16)2/h6-11,18-19H,1-5H3. The van der Waals surface area contributed by atoms with Gasteiger partial charge >= 0.3 is 0 Å². The van der Waals surface area contributed by atoms with Gasteiger partial charge in [0.1, 0.15) is 5.75 Å². The Bertz CT molecular complexity index is 604. The van der Waals surface area contributed by atoms with Crippen molar-refractivity contribution in [3.8, 4) is 5.75 Å². The number of nitrogens with one attached hydrogen (secondary N) is 1. The molecule has 2 aromatic rings. The highest BCUT2D eigenvalue weighted by atomic mass is 16.5. The molecule has 0 saturated carbocycles. The van der Waals surface area contributed by atoms with Crippen molar-refractivity contribution in [3.63, 3.8) is 0 Å². The van der Waals surface area contributed by atoms with Crippen LogP contribution in [0.25, 0.3) is 0 Å². The average Bonchev–Trinajstić information content (AvgIpc) is 2.43. The molecule has 106 valence electrons. The second-order valence-corrected chi connectivity index (χ2v) is 5.31. The van der Waals surface area contributed by atoms with Gasteiger partial charge in [-0.1, -0.05) is 35.9 Å². The molecule has 1 N–H and O–H groups in total. The van der Waals surface area contributed by atoms with E-state index in [-0.39, 0.29) is 6.04 Å². The van der Waals surface area contributed by atoms with E-state index in [9.17, 15) is 0 Å². The molecule has 1 unspecified atom stereocenters. The molecule has 0 aliphatic rings. The third kappa shape index (κ3) is 2.86. The summed E-state index contributed by atoms with van der Waals surface area (Å²) in [4.78, 5) is 0. The van der Waals surface area contributed by atoms with E-state index in [4.69, 9.17) is 4.74 Å². The van der Waals surface area contributed by atoms with E-state index < -0.39 is 0 Å². The summed E-state index contributed by atoms with van der Waals surface area (Å²) in [5, 5.41) is 3.43. The van der Waals surface area contributed by atoms with E-state index in [0.717, 1.165) is 5.75 Å². The molecule has 0 fully saturated rings. The van der Waals surface area contributed by atoms with Gasteiger partial charge in [-0.2, -0.15) is 0 Å². The Kier molecular flexibility index (Phi) is 4.46. The summed E-state index contributed by atoms with van der Waals surface area (Å²) in [5.41, 5.74) is 6.29. The maximum atomic E-state index is 5.40. The van der Waals surface area contributed by atoms with Crippen LogP contribution in [0.1, 0.15) is 33.9 Å². The van der Waals surface area contributed by atoms with Crippen molar-refractivity contribution in [3.05, 3.63) is 64.2 Å². The van der Waals surface area contributed by atoms with Crippen molar-refractivity contribution < 1.29 is 4.74 Å². The Morgan fingerprint density at radius 3 is 2.35 bits per heavy atom. The van der Waals surface area contributed by atoms with Crippen LogP contribution < -0.4 is 10.1 Å². The molecule has 1 atom stereocenters. The average molecular weight is 269 g/mol. The van der Waals surface area contributed by atoms with E-state index >= 15 is 0 Å². The number of hydrogen-bond donors (Lipinski definition) is 1. The molecule has 0 bridgehead atoms. The van der Waals surface area contributed by atoms with E-state index in [1.54, 1.807) is 7.11 Å². The van der Waals surface area contributed by atoms with E-state index in [1.807, 2.05) is 7.05 Å². The molecular weight excluding hydrogens is 246 g/mol. The monoisotopic (exact) mass is 269 g/mol. The zero-order valence-electron chi connectivity index (χ0n) is 12.9. The Balaban J connectivity index is 2.49. The minimum Gasteiger partial charge on any atom is -0.496 e. The lowest BCUT2D eigenvalue weighted by molar-refractivity contribution is 0.411. The number of benzene rings is 2. The second kappa shape index (κ2) is 6.10. The summed E-state index contributed by atoms with van der Waals surface area (Å²) in [6.07, 6.45) is 0. The lowest BCUT2D eigenvalue weighted by Gasteiger charge is -2.21. The zero-order valence-corrected chi connectivity index (χ0v) is 12.9. The van der Waals surface area contributed by atoms with Gasteiger partial charge < -0.3 is 10.1 Å². The zero-order chi connectivity index (χ0) is 14.7. The fraction of sp³-hybridized carbons (Fsp3) is 0.333. The fourth-order valence-electron chi connectivity index (χ4n) is 2.69. The minimum atomic E-state index is 0.208. The Morgan fingerprint density at radius 1 is 1.00 bits per heavy atom. The van der Waals surface area contributed by atoms with Gasteiger partial charge in [0.25, 0.3) is 0 Å². The van der Waals surface area contributed by atoms with Gasteiger partial charge in [-0.05, 0) is 56.1 Å². The van der Waals surface area contributed by atoms with Gasteiger partial charge in [0.15, 0.2) is 0 Å². The topological polar surface area (TPSA) is 21.3 Å². The maximum absolute atomic E-state index is 5.40.